The zero-order valence-electron chi connectivity index (χ0n) is 19.8. The van der Waals surface area contributed by atoms with Gasteiger partial charge in [0.25, 0.3) is 0 Å². The minimum atomic E-state index is -0.878. The van der Waals surface area contributed by atoms with E-state index >= 15 is 0 Å². The molecular weight excluding hydrogens is 399 g/mol. The van der Waals surface area contributed by atoms with E-state index in [-0.39, 0.29) is 11.2 Å². The lowest BCUT2D eigenvalue weighted by Crippen LogP contribution is -2.56. The van der Waals surface area contributed by atoms with Gasteiger partial charge in [-0.2, -0.15) is 0 Å². The molecular formula is C26H35BN2O3. The molecule has 3 aliphatic rings. The molecule has 32 heavy (non-hydrogen) atoms. The molecule has 2 bridgehead atoms. The van der Waals surface area contributed by atoms with Gasteiger partial charge in [-0.15, -0.1) is 0 Å². The van der Waals surface area contributed by atoms with Crippen molar-refractivity contribution in [2.75, 3.05) is 0 Å². The summed E-state index contributed by atoms with van der Waals surface area (Å²) in [6.45, 7) is 9.18. The summed E-state index contributed by atoms with van der Waals surface area (Å²) in [5.41, 5.74) is 1.39. The lowest BCUT2D eigenvalue weighted by Gasteiger charge is -2.52. The van der Waals surface area contributed by atoms with E-state index in [1.54, 1.807) is 0 Å². The van der Waals surface area contributed by atoms with Crippen molar-refractivity contribution in [3.63, 3.8) is 0 Å². The quantitative estimate of drug-likeness (QED) is 0.743. The number of aromatic nitrogens is 1. The van der Waals surface area contributed by atoms with Crippen LogP contribution in [0.3, 0.4) is 0 Å². The third-order valence-corrected chi connectivity index (χ3v) is 8.16. The van der Waals surface area contributed by atoms with Crippen molar-refractivity contribution in [1.82, 2.24) is 9.88 Å². The Morgan fingerprint density at radius 3 is 2.16 bits per heavy atom. The third-order valence-electron chi connectivity index (χ3n) is 8.16. The van der Waals surface area contributed by atoms with Crippen LogP contribution >= 0.6 is 0 Å². The van der Waals surface area contributed by atoms with Crippen LogP contribution in [0.1, 0.15) is 71.1 Å². The number of nitrogens with zero attached hydrogens (tertiary/aromatic N) is 2. The van der Waals surface area contributed by atoms with Crippen LogP contribution in [0.2, 0.25) is 0 Å². The monoisotopic (exact) mass is 434 g/mol. The predicted molar refractivity (Wildman–Crippen MR) is 126 cm³/mol. The molecule has 0 spiro atoms. The zero-order chi connectivity index (χ0) is 22.6. The molecule has 2 aromatic rings. The van der Waals surface area contributed by atoms with Crippen molar-refractivity contribution >= 4 is 12.6 Å². The average Bonchev–Trinajstić information content (AvgIpc) is 2.97. The first-order chi connectivity index (χ1) is 15.2. The van der Waals surface area contributed by atoms with Gasteiger partial charge in [-0.3, -0.25) is 9.88 Å². The van der Waals surface area contributed by atoms with Crippen molar-refractivity contribution in [2.45, 2.75) is 95.2 Å². The number of hydrogen-bond donors (Lipinski definition) is 1. The number of rotatable bonds is 4. The van der Waals surface area contributed by atoms with Gasteiger partial charge in [0.1, 0.15) is 5.60 Å². The Labute approximate surface area is 192 Å². The van der Waals surface area contributed by atoms with Crippen LogP contribution in [0.25, 0.3) is 0 Å². The van der Waals surface area contributed by atoms with Crippen LogP contribution in [-0.2, 0) is 21.5 Å². The number of hydrogen-bond acceptors (Lipinski definition) is 5. The molecule has 1 aromatic heterocycles. The van der Waals surface area contributed by atoms with Crippen LogP contribution in [0.5, 0.6) is 0 Å². The van der Waals surface area contributed by atoms with Gasteiger partial charge in [0.2, 0.25) is 0 Å². The van der Waals surface area contributed by atoms with Crippen LogP contribution in [0.4, 0.5) is 0 Å². The van der Waals surface area contributed by atoms with Crippen LogP contribution < -0.4 is 5.46 Å². The topological polar surface area (TPSA) is 54.8 Å². The number of benzene rings is 1. The molecule has 0 radical (unpaired) electrons. The fraction of sp³-hybridized carbons (Fsp3) is 0.577. The van der Waals surface area contributed by atoms with Gasteiger partial charge in [-0.25, -0.2) is 0 Å². The van der Waals surface area contributed by atoms with E-state index in [9.17, 15) is 5.11 Å². The minimum absolute atomic E-state index is 0.377. The van der Waals surface area contributed by atoms with Gasteiger partial charge in [0, 0.05) is 30.3 Å². The number of fused-ring (bicyclic) bond motifs is 2. The third kappa shape index (κ3) is 3.92. The molecule has 0 aliphatic carbocycles. The van der Waals surface area contributed by atoms with Gasteiger partial charge in [-0.1, -0.05) is 42.8 Å². The number of aliphatic hydroxyl groups is 1. The second-order valence-electron chi connectivity index (χ2n) is 10.9. The number of piperidine rings is 2. The van der Waals surface area contributed by atoms with Gasteiger partial charge in [-0.05, 0) is 65.0 Å². The Morgan fingerprint density at radius 2 is 1.59 bits per heavy atom. The Morgan fingerprint density at radius 1 is 0.969 bits per heavy atom. The van der Waals surface area contributed by atoms with Crippen molar-refractivity contribution < 1.29 is 14.4 Å². The van der Waals surface area contributed by atoms with Crippen LogP contribution in [0.15, 0.2) is 48.7 Å². The predicted octanol–water partition coefficient (Wildman–Crippen LogP) is 3.79. The molecule has 2 atom stereocenters. The Kier molecular flexibility index (Phi) is 5.48. The average molecular weight is 434 g/mol. The first-order valence-corrected chi connectivity index (χ1v) is 12.0. The van der Waals surface area contributed by atoms with Crippen molar-refractivity contribution in [1.29, 1.82) is 0 Å². The molecule has 170 valence electrons. The largest absolute Gasteiger partial charge is 0.496 e. The highest BCUT2D eigenvalue weighted by atomic mass is 16.7. The first-order valence-electron chi connectivity index (χ1n) is 12.0. The SMILES string of the molecule is CC1(C)OB(c2ccc(C3(O)CC4CCCC(C3)N4Cc3ccccc3)nc2)OC1(C)C. The van der Waals surface area contributed by atoms with Gasteiger partial charge < -0.3 is 14.4 Å². The van der Waals surface area contributed by atoms with Gasteiger partial charge in [0.15, 0.2) is 0 Å². The molecule has 3 fully saturated rings. The summed E-state index contributed by atoms with van der Waals surface area (Å²) < 4.78 is 12.3. The summed E-state index contributed by atoms with van der Waals surface area (Å²) in [5.74, 6) is 0. The summed E-state index contributed by atoms with van der Waals surface area (Å²) in [6, 6.07) is 15.4. The maximum atomic E-state index is 11.7. The molecule has 5 nitrogen and oxygen atoms in total. The van der Waals surface area contributed by atoms with Gasteiger partial charge in [0.05, 0.1) is 16.9 Å². The molecule has 6 heteroatoms. The van der Waals surface area contributed by atoms with Crippen LogP contribution in [-0.4, -0.2) is 45.4 Å². The summed E-state index contributed by atoms with van der Waals surface area (Å²) in [4.78, 5) is 7.34. The van der Waals surface area contributed by atoms with E-state index in [0.29, 0.717) is 12.1 Å². The van der Waals surface area contributed by atoms with E-state index in [1.165, 1.54) is 12.0 Å². The molecule has 3 aliphatic heterocycles. The smallest absolute Gasteiger partial charge is 0.399 e. The normalized spacial score (nSPS) is 31.6. The highest BCUT2D eigenvalue weighted by Gasteiger charge is 2.52. The summed E-state index contributed by atoms with van der Waals surface area (Å²) in [6.07, 6.45) is 6.81. The van der Waals surface area contributed by atoms with E-state index in [4.69, 9.17) is 14.3 Å². The molecule has 0 amide bonds. The van der Waals surface area contributed by atoms with Crippen LogP contribution in [0, 0.1) is 0 Å². The van der Waals surface area contributed by atoms with Crippen molar-refractivity contribution in [2.24, 2.45) is 0 Å². The van der Waals surface area contributed by atoms with E-state index < -0.39 is 12.7 Å². The molecule has 3 saturated heterocycles. The highest BCUT2D eigenvalue weighted by molar-refractivity contribution is 6.62. The second-order valence-corrected chi connectivity index (χ2v) is 10.9. The van der Waals surface area contributed by atoms with Crippen molar-refractivity contribution in [3.05, 3.63) is 59.9 Å². The fourth-order valence-electron chi connectivity index (χ4n) is 5.58. The molecule has 0 saturated carbocycles. The summed E-state index contributed by atoms with van der Waals surface area (Å²) in [7, 11) is -0.428. The summed E-state index contributed by atoms with van der Waals surface area (Å²) >= 11 is 0. The lowest BCUT2D eigenvalue weighted by molar-refractivity contribution is -0.102. The van der Waals surface area contributed by atoms with Gasteiger partial charge >= 0.3 is 7.12 Å². The van der Waals surface area contributed by atoms with E-state index in [1.807, 2.05) is 18.3 Å². The zero-order valence-corrected chi connectivity index (χ0v) is 19.8. The van der Waals surface area contributed by atoms with Crippen molar-refractivity contribution in [3.8, 4) is 0 Å². The second kappa shape index (κ2) is 7.95. The maximum Gasteiger partial charge on any atom is 0.496 e. The number of pyridine rings is 1. The molecule has 1 aromatic carbocycles. The van der Waals surface area contributed by atoms with E-state index in [2.05, 4.69) is 62.9 Å². The fourth-order valence-corrected chi connectivity index (χ4v) is 5.58. The van der Waals surface area contributed by atoms with E-state index in [0.717, 1.165) is 43.4 Å². The molecule has 1 N–H and O–H groups in total. The maximum absolute atomic E-state index is 11.7. The minimum Gasteiger partial charge on any atom is -0.399 e. The summed E-state index contributed by atoms with van der Waals surface area (Å²) in [5, 5.41) is 11.7. The Balaban J connectivity index is 1.32. The standard InChI is InChI=1S/C26H35BN2O3/c1-24(2)25(3,4)32-27(31-24)20-13-14-23(28-17-20)26(30)15-21-11-8-12-22(16-26)29(21)18-19-9-6-5-7-10-19/h5-7,9-10,13-14,17,21-22,30H,8,11-12,15-16,18H2,1-4H3. The molecule has 5 rings (SSSR count). The lowest BCUT2D eigenvalue weighted by atomic mass is 9.73. The molecule has 2 unspecified atom stereocenters. The molecule has 4 heterocycles. The highest BCUT2D eigenvalue weighted by Crippen LogP contribution is 2.44. The Bertz CT molecular complexity index is 917. The Hall–Kier alpha value is -1.73. The first kappa shape index (κ1) is 22.1.